The number of nitrogens with two attached hydrogens (primary N) is 1. The van der Waals surface area contributed by atoms with Crippen LogP contribution in [0.2, 0.25) is 0 Å². The van der Waals surface area contributed by atoms with E-state index in [9.17, 15) is 17.2 Å². The van der Waals surface area contributed by atoms with Crippen LogP contribution in [-0.2, 0) is 16.6 Å². The smallest absolute Gasteiger partial charge is 0.244 e. The molecule has 0 saturated carbocycles. The molecule has 0 unspecified atom stereocenters. The number of halogens is 3. The first-order valence-electron chi connectivity index (χ1n) is 9.25. The maximum Gasteiger partial charge on any atom is 0.244 e. The molecule has 4 rings (SSSR count). The van der Waals surface area contributed by atoms with Crippen LogP contribution in [0.1, 0.15) is 11.3 Å². The van der Waals surface area contributed by atoms with Crippen LogP contribution < -0.4 is 14.6 Å². The molecule has 3 heterocycles. The first-order chi connectivity index (χ1) is 16.2. The number of pyridine rings is 2. The zero-order chi connectivity index (χ0) is 24.6. The number of nitrogens with one attached hydrogen (secondary N) is 1. The van der Waals surface area contributed by atoms with Gasteiger partial charge in [0, 0.05) is 11.1 Å². The second kappa shape index (κ2) is 8.61. The van der Waals surface area contributed by atoms with E-state index in [1.54, 1.807) is 0 Å². The summed E-state index contributed by atoms with van der Waals surface area (Å²) in [5.74, 6) is -4.03. The summed E-state index contributed by atoms with van der Waals surface area (Å²) < 4.78 is 79.0. The predicted molar refractivity (Wildman–Crippen MR) is 110 cm³/mol. The van der Waals surface area contributed by atoms with Crippen LogP contribution in [0, 0.1) is 28.8 Å². The molecule has 34 heavy (non-hydrogen) atoms. The largest absolute Gasteiger partial charge is 0.487 e. The molecule has 0 spiro atoms. The summed E-state index contributed by atoms with van der Waals surface area (Å²) in [5, 5.41) is 20.9. The van der Waals surface area contributed by atoms with Crippen molar-refractivity contribution in [3.05, 3.63) is 59.3 Å². The number of fused-ring (bicyclic) bond motifs is 1. The third kappa shape index (κ3) is 3.98. The molecule has 14 heteroatoms. The summed E-state index contributed by atoms with van der Waals surface area (Å²) in [4.78, 5) is 6.60. The lowest BCUT2D eigenvalue weighted by Crippen LogP contribution is -2.17. The summed E-state index contributed by atoms with van der Waals surface area (Å²) in [7, 11) is -3.56. The number of methoxy groups -OCH3 is 1. The zero-order valence-corrected chi connectivity index (χ0v) is 18.0. The molecule has 10 nitrogen and oxygen atoms in total. The minimum Gasteiger partial charge on any atom is -0.487 e. The molecule has 0 amide bonds. The second-order valence-electron chi connectivity index (χ2n) is 6.79. The van der Waals surface area contributed by atoms with Gasteiger partial charge < -0.3 is 9.47 Å². The lowest BCUT2D eigenvalue weighted by molar-refractivity contribution is 0.292. The highest BCUT2D eigenvalue weighted by molar-refractivity contribution is 7.89. The second-order valence-corrected chi connectivity index (χ2v) is 8.29. The Morgan fingerprint density at radius 2 is 1.94 bits per heavy atom. The molecule has 0 saturated heterocycles. The minimum absolute atomic E-state index is 0.0663. The number of aromatic nitrogens is 4. The van der Waals surface area contributed by atoms with Crippen LogP contribution >= 0.6 is 0 Å². The number of aromatic amines is 1. The molecular formula is C20H13F3N6O4S. The third-order valence-corrected chi connectivity index (χ3v) is 5.72. The molecule has 0 aliphatic heterocycles. The van der Waals surface area contributed by atoms with Crippen LogP contribution in [0.5, 0.6) is 11.6 Å². The van der Waals surface area contributed by atoms with Crippen LogP contribution in [0.15, 0.2) is 35.5 Å². The van der Waals surface area contributed by atoms with Crippen LogP contribution in [-0.4, -0.2) is 35.7 Å². The number of hydrogen-bond acceptors (Lipinski definition) is 8. The molecule has 0 radical (unpaired) electrons. The molecule has 3 N–H and O–H groups in total. The lowest BCUT2D eigenvalue weighted by atomic mass is 10.0. The van der Waals surface area contributed by atoms with E-state index in [-0.39, 0.29) is 17.1 Å². The summed E-state index contributed by atoms with van der Waals surface area (Å²) in [5.41, 5.74) is -1.64. The van der Waals surface area contributed by atoms with E-state index in [0.29, 0.717) is 11.6 Å². The Morgan fingerprint density at radius 1 is 1.18 bits per heavy atom. The standard InChI is InChI=1S/C20H13F3N6O4S/c1-32-20-18(34(25,30)31)16(14(22)7-27-20)10-2-3-13(21)12(17(10)23)8-33-9-4-11-15(5-24)28-29-19(11)26-6-9/h2-4,6-7H,8H2,1H3,(H2,25,30,31)(H,26,28,29). The average Bonchev–Trinajstić information content (AvgIpc) is 3.21. The van der Waals surface area contributed by atoms with Gasteiger partial charge in [0.25, 0.3) is 0 Å². The van der Waals surface area contributed by atoms with Crippen LogP contribution in [0.3, 0.4) is 0 Å². The highest BCUT2D eigenvalue weighted by Crippen LogP contribution is 2.37. The number of ether oxygens (including phenoxy) is 2. The SMILES string of the molecule is COc1ncc(F)c(-c2ccc(F)c(COc3cnc4n[nH]c(C#N)c4c3)c2F)c1S(N)(=O)=O. The van der Waals surface area contributed by atoms with E-state index in [0.717, 1.165) is 19.2 Å². The summed E-state index contributed by atoms with van der Waals surface area (Å²) in [6, 6.07) is 4.96. The van der Waals surface area contributed by atoms with Crippen molar-refractivity contribution in [3.63, 3.8) is 0 Å². The predicted octanol–water partition coefficient (Wildman–Crippen LogP) is 2.54. The number of sulfonamides is 1. The monoisotopic (exact) mass is 490 g/mol. The van der Waals surface area contributed by atoms with E-state index < -0.39 is 61.5 Å². The fourth-order valence-electron chi connectivity index (χ4n) is 3.24. The molecule has 3 aromatic heterocycles. The fraction of sp³-hybridized carbons (Fsp3) is 0.100. The number of rotatable bonds is 6. The number of nitriles is 1. The average molecular weight is 490 g/mol. The Labute approximate surface area is 189 Å². The molecule has 0 aliphatic rings. The van der Waals surface area contributed by atoms with Gasteiger partial charge in [-0.15, -0.1) is 0 Å². The Hall–Kier alpha value is -4.22. The Balaban J connectivity index is 1.78. The van der Waals surface area contributed by atoms with Crippen molar-refractivity contribution in [2.75, 3.05) is 7.11 Å². The van der Waals surface area contributed by atoms with E-state index in [1.165, 1.54) is 12.3 Å². The molecule has 0 aliphatic carbocycles. The van der Waals surface area contributed by atoms with Gasteiger partial charge in [0.1, 0.15) is 35.8 Å². The van der Waals surface area contributed by atoms with Gasteiger partial charge in [0.2, 0.25) is 15.9 Å². The number of primary sulfonamides is 1. The minimum atomic E-state index is -4.63. The van der Waals surface area contributed by atoms with E-state index in [2.05, 4.69) is 20.2 Å². The molecule has 0 fully saturated rings. The molecular weight excluding hydrogens is 477 g/mol. The first-order valence-corrected chi connectivity index (χ1v) is 10.8. The highest BCUT2D eigenvalue weighted by Gasteiger charge is 2.29. The van der Waals surface area contributed by atoms with Crippen LogP contribution in [0.25, 0.3) is 22.2 Å². The van der Waals surface area contributed by atoms with Crippen LogP contribution in [0.4, 0.5) is 13.2 Å². The Morgan fingerprint density at radius 3 is 2.62 bits per heavy atom. The number of nitrogens with zero attached hydrogens (tertiary/aromatic N) is 4. The lowest BCUT2D eigenvalue weighted by Gasteiger charge is -2.15. The number of hydrogen-bond donors (Lipinski definition) is 2. The van der Waals surface area contributed by atoms with Gasteiger partial charge in [0.15, 0.2) is 16.4 Å². The van der Waals surface area contributed by atoms with Gasteiger partial charge >= 0.3 is 0 Å². The van der Waals surface area contributed by atoms with Crippen molar-refractivity contribution in [3.8, 4) is 28.8 Å². The summed E-state index contributed by atoms with van der Waals surface area (Å²) in [6.07, 6.45) is 1.86. The van der Waals surface area contributed by atoms with Gasteiger partial charge in [-0.3, -0.25) is 5.10 Å². The number of benzene rings is 1. The Bertz CT molecular complexity index is 1580. The van der Waals surface area contributed by atoms with Gasteiger partial charge in [-0.2, -0.15) is 10.4 Å². The van der Waals surface area contributed by atoms with E-state index in [1.807, 2.05) is 6.07 Å². The maximum atomic E-state index is 15.4. The van der Waals surface area contributed by atoms with Gasteiger partial charge in [-0.05, 0) is 18.2 Å². The maximum absolute atomic E-state index is 15.4. The van der Waals surface area contributed by atoms with Crippen molar-refractivity contribution >= 4 is 21.1 Å². The van der Waals surface area contributed by atoms with Crippen molar-refractivity contribution in [1.29, 1.82) is 5.26 Å². The summed E-state index contributed by atoms with van der Waals surface area (Å²) >= 11 is 0. The van der Waals surface area contributed by atoms with E-state index >= 15 is 4.39 Å². The molecule has 4 aromatic rings. The highest BCUT2D eigenvalue weighted by atomic mass is 32.2. The summed E-state index contributed by atoms with van der Waals surface area (Å²) in [6.45, 7) is -0.674. The van der Waals surface area contributed by atoms with Crippen molar-refractivity contribution < 1.29 is 31.1 Å². The molecule has 0 atom stereocenters. The van der Waals surface area contributed by atoms with Gasteiger partial charge in [-0.25, -0.2) is 36.7 Å². The Kier molecular flexibility index (Phi) is 5.82. The van der Waals surface area contributed by atoms with Crippen molar-refractivity contribution in [2.45, 2.75) is 11.5 Å². The zero-order valence-electron chi connectivity index (χ0n) is 17.1. The van der Waals surface area contributed by atoms with Crippen molar-refractivity contribution in [2.24, 2.45) is 5.14 Å². The molecule has 1 aromatic carbocycles. The van der Waals surface area contributed by atoms with Crippen molar-refractivity contribution in [1.82, 2.24) is 20.2 Å². The fourth-order valence-corrected chi connectivity index (χ4v) is 4.11. The first kappa shape index (κ1) is 23.0. The van der Waals surface area contributed by atoms with E-state index in [4.69, 9.17) is 19.9 Å². The molecule has 174 valence electrons. The normalized spacial score (nSPS) is 11.4. The number of H-pyrrole nitrogens is 1. The molecule has 0 bridgehead atoms. The third-order valence-electron chi connectivity index (χ3n) is 4.77. The topological polar surface area (TPSA) is 157 Å². The van der Waals surface area contributed by atoms with Gasteiger partial charge in [0.05, 0.1) is 30.5 Å². The van der Waals surface area contributed by atoms with Gasteiger partial charge in [-0.1, -0.05) is 0 Å². The quantitative estimate of drug-likeness (QED) is 0.417.